The van der Waals surface area contributed by atoms with Crippen LogP contribution in [0.4, 0.5) is 0 Å². The Morgan fingerprint density at radius 2 is 2.27 bits per heavy atom. The Morgan fingerprint density at radius 3 is 2.93 bits per heavy atom. The lowest BCUT2D eigenvalue weighted by molar-refractivity contribution is -0.116. The molecule has 0 aromatic carbocycles. The average molecular weight is 209 g/mol. The predicted molar refractivity (Wildman–Crippen MR) is 56.0 cm³/mol. The van der Waals surface area contributed by atoms with Crippen molar-refractivity contribution in [1.82, 2.24) is 4.98 Å². The molecule has 0 fully saturated rings. The molecule has 1 aromatic rings. The van der Waals surface area contributed by atoms with E-state index in [1.54, 1.807) is 32.4 Å². The molecule has 0 N–H and O–H groups in total. The minimum atomic E-state index is 0.0940. The average Bonchev–Trinajstić information content (AvgIpc) is 2.18. The standard InChI is InChI=1S/C11H15NO3/c1-9(13)7-10-8-11(3-4-12-10)15-6-5-14-2/h3-4,8H,5-7H2,1-2H3. The Bertz CT molecular complexity index is 325. The normalized spacial score (nSPS) is 10.0. The third-order valence-electron chi connectivity index (χ3n) is 1.77. The molecule has 4 nitrogen and oxygen atoms in total. The molecular formula is C11H15NO3. The van der Waals surface area contributed by atoms with Crippen LogP contribution in [0.2, 0.25) is 0 Å². The number of methoxy groups -OCH3 is 1. The van der Waals surface area contributed by atoms with Crippen LogP contribution < -0.4 is 4.74 Å². The number of hydrogen-bond acceptors (Lipinski definition) is 4. The summed E-state index contributed by atoms with van der Waals surface area (Å²) in [4.78, 5) is 15.0. The third kappa shape index (κ3) is 4.56. The Labute approximate surface area is 89.2 Å². The molecule has 0 unspecified atom stereocenters. The molecule has 0 radical (unpaired) electrons. The molecule has 1 heterocycles. The monoisotopic (exact) mass is 209 g/mol. The summed E-state index contributed by atoms with van der Waals surface area (Å²) in [6, 6.07) is 3.54. The maximum absolute atomic E-state index is 10.9. The molecule has 0 spiro atoms. The molecule has 0 aliphatic heterocycles. The number of pyridine rings is 1. The second-order valence-electron chi connectivity index (χ2n) is 3.20. The van der Waals surface area contributed by atoms with E-state index in [2.05, 4.69) is 4.98 Å². The van der Waals surface area contributed by atoms with Crippen LogP contribution in [0.1, 0.15) is 12.6 Å². The van der Waals surface area contributed by atoms with Crippen molar-refractivity contribution in [3.8, 4) is 5.75 Å². The van der Waals surface area contributed by atoms with Crippen LogP contribution in [0.25, 0.3) is 0 Å². The van der Waals surface area contributed by atoms with E-state index < -0.39 is 0 Å². The van der Waals surface area contributed by atoms with Gasteiger partial charge in [0.2, 0.25) is 0 Å². The third-order valence-corrected chi connectivity index (χ3v) is 1.77. The van der Waals surface area contributed by atoms with Crippen LogP contribution in [0, 0.1) is 0 Å². The fourth-order valence-electron chi connectivity index (χ4n) is 1.14. The van der Waals surface area contributed by atoms with Gasteiger partial charge in [-0.25, -0.2) is 0 Å². The molecule has 1 aromatic heterocycles. The topological polar surface area (TPSA) is 48.4 Å². The van der Waals surface area contributed by atoms with E-state index in [4.69, 9.17) is 9.47 Å². The second-order valence-corrected chi connectivity index (χ2v) is 3.20. The first-order chi connectivity index (χ1) is 7.22. The van der Waals surface area contributed by atoms with Crippen molar-refractivity contribution in [2.24, 2.45) is 0 Å². The largest absolute Gasteiger partial charge is 0.491 e. The Morgan fingerprint density at radius 1 is 1.47 bits per heavy atom. The van der Waals surface area contributed by atoms with Crippen LogP contribution in [-0.4, -0.2) is 31.1 Å². The van der Waals surface area contributed by atoms with Gasteiger partial charge in [0.15, 0.2) is 0 Å². The molecule has 0 saturated carbocycles. The molecule has 0 bridgehead atoms. The summed E-state index contributed by atoms with van der Waals surface area (Å²) in [5.41, 5.74) is 0.734. The van der Waals surface area contributed by atoms with Crippen molar-refractivity contribution in [2.75, 3.05) is 20.3 Å². The van der Waals surface area contributed by atoms with Crippen molar-refractivity contribution in [3.63, 3.8) is 0 Å². The van der Waals surface area contributed by atoms with Crippen molar-refractivity contribution < 1.29 is 14.3 Å². The molecule has 0 aliphatic carbocycles. The summed E-state index contributed by atoms with van der Waals surface area (Å²) in [5, 5.41) is 0. The van der Waals surface area contributed by atoms with Crippen molar-refractivity contribution in [3.05, 3.63) is 24.0 Å². The highest BCUT2D eigenvalue weighted by Crippen LogP contribution is 2.11. The number of ether oxygens (including phenoxy) is 2. The van der Waals surface area contributed by atoms with Gasteiger partial charge >= 0.3 is 0 Å². The van der Waals surface area contributed by atoms with Gasteiger partial charge in [0, 0.05) is 25.8 Å². The van der Waals surface area contributed by atoms with Gasteiger partial charge in [-0.3, -0.25) is 9.78 Å². The number of carbonyl (C=O) groups excluding carboxylic acids is 1. The first-order valence-corrected chi connectivity index (χ1v) is 4.78. The number of rotatable bonds is 6. The van der Waals surface area contributed by atoms with E-state index in [1.807, 2.05) is 0 Å². The maximum atomic E-state index is 10.9. The number of nitrogens with zero attached hydrogens (tertiary/aromatic N) is 1. The molecule has 0 amide bonds. The lowest BCUT2D eigenvalue weighted by Crippen LogP contribution is -2.05. The highest BCUT2D eigenvalue weighted by Gasteiger charge is 2.01. The van der Waals surface area contributed by atoms with E-state index in [0.717, 1.165) is 11.4 Å². The van der Waals surface area contributed by atoms with Gasteiger partial charge in [-0.05, 0) is 13.0 Å². The summed E-state index contributed by atoms with van der Waals surface area (Å²) in [6.45, 7) is 2.59. The minimum Gasteiger partial charge on any atom is -0.491 e. The van der Waals surface area contributed by atoms with Crippen LogP contribution in [0.3, 0.4) is 0 Å². The van der Waals surface area contributed by atoms with Crippen molar-refractivity contribution in [2.45, 2.75) is 13.3 Å². The van der Waals surface area contributed by atoms with Crippen LogP contribution in [-0.2, 0) is 16.0 Å². The number of aromatic nitrogens is 1. The van der Waals surface area contributed by atoms with Gasteiger partial charge in [-0.2, -0.15) is 0 Å². The Kier molecular flexibility index (Phi) is 4.77. The van der Waals surface area contributed by atoms with Gasteiger partial charge in [0.05, 0.1) is 12.3 Å². The zero-order valence-corrected chi connectivity index (χ0v) is 9.03. The quantitative estimate of drug-likeness (QED) is 0.661. The number of carbonyl (C=O) groups is 1. The highest BCUT2D eigenvalue weighted by molar-refractivity contribution is 5.77. The first kappa shape index (κ1) is 11.7. The number of hydrogen-bond donors (Lipinski definition) is 0. The van der Waals surface area contributed by atoms with Gasteiger partial charge < -0.3 is 9.47 Å². The second kappa shape index (κ2) is 6.14. The molecule has 82 valence electrons. The van der Waals surface area contributed by atoms with Gasteiger partial charge in [0.1, 0.15) is 18.1 Å². The number of Topliss-reactive ketones (excluding diaryl/α,β-unsaturated/α-hetero) is 1. The summed E-state index contributed by atoms with van der Waals surface area (Å²) >= 11 is 0. The molecule has 15 heavy (non-hydrogen) atoms. The van der Waals surface area contributed by atoms with Gasteiger partial charge in [0.25, 0.3) is 0 Å². The Balaban J connectivity index is 2.53. The number of ketones is 1. The fourth-order valence-corrected chi connectivity index (χ4v) is 1.14. The Hall–Kier alpha value is -1.42. The van der Waals surface area contributed by atoms with E-state index in [0.29, 0.717) is 19.6 Å². The van der Waals surface area contributed by atoms with E-state index in [1.165, 1.54) is 0 Å². The smallest absolute Gasteiger partial charge is 0.135 e. The molecular weight excluding hydrogens is 194 g/mol. The highest BCUT2D eigenvalue weighted by atomic mass is 16.5. The van der Waals surface area contributed by atoms with Crippen LogP contribution in [0.5, 0.6) is 5.75 Å². The zero-order valence-electron chi connectivity index (χ0n) is 9.03. The summed E-state index contributed by atoms with van der Waals surface area (Å²) < 4.78 is 10.3. The van der Waals surface area contributed by atoms with Gasteiger partial charge in [-0.1, -0.05) is 0 Å². The summed E-state index contributed by atoms with van der Waals surface area (Å²) in [6.07, 6.45) is 1.99. The molecule has 4 heteroatoms. The maximum Gasteiger partial charge on any atom is 0.135 e. The fraction of sp³-hybridized carbons (Fsp3) is 0.455. The zero-order chi connectivity index (χ0) is 11.1. The van der Waals surface area contributed by atoms with E-state index in [9.17, 15) is 4.79 Å². The SMILES string of the molecule is COCCOc1ccnc(CC(C)=O)c1. The minimum absolute atomic E-state index is 0.0940. The molecule has 1 rings (SSSR count). The van der Waals surface area contributed by atoms with E-state index >= 15 is 0 Å². The predicted octanol–water partition coefficient (Wildman–Crippen LogP) is 1.24. The summed E-state index contributed by atoms with van der Waals surface area (Å²) in [5.74, 6) is 0.815. The molecule has 0 aliphatic rings. The molecule has 0 saturated heterocycles. The molecule has 0 atom stereocenters. The lowest BCUT2D eigenvalue weighted by Gasteiger charge is -2.06. The first-order valence-electron chi connectivity index (χ1n) is 4.78. The van der Waals surface area contributed by atoms with Crippen molar-refractivity contribution >= 4 is 5.78 Å². The van der Waals surface area contributed by atoms with Crippen LogP contribution >= 0.6 is 0 Å². The van der Waals surface area contributed by atoms with Gasteiger partial charge in [-0.15, -0.1) is 0 Å². The lowest BCUT2D eigenvalue weighted by atomic mass is 10.2. The van der Waals surface area contributed by atoms with Crippen molar-refractivity contribution in [1.29, 1.82) is 0 Å². The van der Waals surface area contributed by atoms with Crippen LogP contribution in [0.15, 0.2) is 18.3 Å². The van der Waals surface area contributed by atoms with E-state index in [-0.39, 0.29) is 5.78 Å². The summed E-state index contributed by atoms with van der Waals surface area (Å²) in [7, 11) is 1.62.